The van der Waals surface area contributed by atoms with Crippen LogP contribution in [-0.4, -0.2) is 27.6 Å². The third kappa shape index (κ3) is 2.68. The molecule has 0 radical (unpaired) electrons. The van der Waals surface area contributed by atoms with E-state index in [1.54, 1.807) is 6.92 Å². The second kappa shape index (κ2) is 4.77. The molecule has 0 aliphatic carbocycles. The predicted molar refractivity (Wildman–Crippen MR) is 55.2 cm³/mol. The number of carbonyl (C=O) groups is 1. The smallest absolute Gasteiger partial charge is 0.360 e. The summed E-state index contributed by atoms with van der Waals surface area (Å²) in [6, 6.07) is 0. The Labute approximate surface area is 88.4 Å². The zero-order chi connectivity index (χ0) is 11.4. The lowest BCUT2D eigenvalue weighted by atomic mass is 10.2. The molecule has 0 spiro atoms. The molecule has 0 unspecified atom stereocenters. The van der Waals surface area contributed by atoms with E-state index in [2.05, 4.69) is 10.3 Å². The van der Waals surface area contributed by atoms with Crippen molar-refractivity contribution in [2.75, 3.05) is 12.3 Å². The van der Waals surface area contributed by atoms with E-state index >= 15 is 0 Å². The molecule has 6 nitrogen and oxygen atoms in total. The van der Waals surface area contributed by atoms with Crippen LogP contribution < -0.4 is 5.73 Å². The Kier molecular flexibility index (Phi) is 3.65. The van der Waals surface area contributed by atoms with Crippen molar-refractivity contribution < 1.29 is 9.53 Å². The van der Waals surface area contributed by atoms with E-state index in [1.807, 2.05) is 13.8 Å². The summed E-state index contributed by atoms with van der Waals surface area (Å²) >= 11 is 0. The Morgan fingerprint density at radius 2 is 2.27 bits per heavy atom. The molecule has 0 amide bonds. The van der Waals surface area contributed by atoms with Crippen LogP contribution in [0.1, 0.15) is 31.3 Å². The molecule has 0 aliphatic rings. The maximum atomic E-state index is 11.5. The van der Waals surface area contributed by atoms with Gasteiger partial charge in [-0.1, -0.05) is 19.1 Å². The number of hydrogen-bond acceptors (Lipinski definition) is 5. The van der Waals surface area contributed by atoms with Crippen molar-refractivity contribution in [1.29, 1.82) is 0 Å². The van der Waals surface area contributed by atoms with E-state index in [1.165, 1.54) is 4.68 Å². The number of nitrogens with zero attached hydrogens (tertiary/aromatic N) is 3. The van der Waals surface area contributed by atoms with Crippen molar-refractivity contribution in [3.05, 3.63) is 5.69 Å². The Morgan fingerprint density at radius 3 is 2.80 bits per heavy atom. The first-order chi connectivity index (χ1) is 7.06. The van der Waals surface area contributed by atoms with E-state index in [9.17, 15) is 4.79 Å². The number of rotatable bonds is 4. The first-order valence-corrected chi connectivity index (χ1v) is 4.92. The van der Waals surface area contributed by atoms with Gasteiger partial charge in [-0.2, -0.15) is 0 Å². The van der Waals surface area contributed by atoms with Gasteiger partial charge in [0.15, 0.2) is 11.5 Å². The maximum absolute atomic E-state index is 11.5. The number of nitrogen functional groups attached to an aromatic ring is 1. The van der Waals surface area contributed by atoms with Crippen LogP contribution in [0.3, 0.4) is 0 Å². The van der Waals surface area contributed by atoms with Crippen molar-refractivity contribution >= 4 is 11.8 Å². The Morgan fingerprint density at radius 1 is 1.60 bits per heavy atom. The van der Waals surface area contributed by atoms with Gasteiger partial charge in [0.2, 0.25) is 0 Å². The van der Waals surface area contributed by atoms with Crippen molar-refractivity contribution in [2.45, 2.75) is 27.3 Å². The summed E-state index contributed by atoms with van der Waals surface area (Å²) in [5.74, 6) is 0.00836. The normalized spacial score (nSPS) is 10.7. The minimum Gasteiger partial charge on any atom is -0.461 e. The summed E-state index contributed by atoms with van der Waals surface area (Å²) in [5.41, 5.74) is 5.79. The van der Waals surface area contributed by atoms with Crippen molar-refractivity contribution in [3.63, 3.8) is 0 Å². The van der Waals surface area contributed by atoms with Gasteiger partial charge in [0.05, 0.1) is 6.61 Å². The van der Waals surface area contributed by atoms with Crippen molar-refractivity contribution in [2.24, 2.45) is 5.92 Å². The molecule has 0 saturated carbocycles. The predicted octanol–water partition coefficient (Wildman–Crippen LogP) is 0.693. The van der Waals surface area contributed by atoms with Gasteiger partial charge >= 0.3 is 5.97 Å². The fraction of sp³-hybridized carbons (Fsp3) is 0.667. The second-order valence-electron chi connectivity index (χ2n) is 3.62. The molecule has 1 aromatic rings. The first-order valence-electron chi connectivity index (χ1n) is 4.92. The molecule has 1 aromatic heterocycles. The standard InChI is InChI=1S/C9H16N4O2/c1-4-15-9(14)7-8(10)11-12-13(7)5-6(2)3/h6H,4-5,10H2,1-3H3. The monoisotopic (exact) mass is 212 g/mol. The lowest BCUT2D eigenvalue weighted by molar-refractivity contribution is 0.0512. The highest BCUT2D eigenvalue weighted by Crippen LogP contribution is 2.11. The van der Waals surface area contributed by atoms with Gasteiger partial charge in [0.25, 0.3) is 0 Å². The van der Waals surface area contributed by atoms with Crippen LogP contribution in [0.15, 0.2) is 0 Å². The van der Waals surface area contributed by atoms with Crippen LogP contribution in [0.25, 0.3) is 0 Å². The molecule has 0 aromatic carbocycles. The number of anilines is 1. The molecule has 6 heteroatoms. The highest BCUT2D eigenvalue weighted by molar-refractivity contribution is 5.92. The van der Waals surface area contributed by atoms with Gasteiger partial charge < -0.3 is 10.5 Å². The van der Waals surface area contributed by atoms with Crippen LogP contribution in [0.2, 0.25) is 0 Å². The number of carbonyl (C=O) groups excluding carboxylic acids is 1. The molecule has 0 fully saturated rings. The summed E-state index contributed by atoms with van der Waals surface area (Å²) in [7, 11) is 0. The molecule has 0 aliphatic heterocycles. The molecule has 0 saturated heterocycles. The highest BCUT2D eigenvalue weighted by Gasteiger charge is 2.19. The van der Waals surface area contributed by atoms with Crippen LogP contribution in [-0.2, 0) is 11.3 Å². The van der Waals surface area contributed by atoms with Crippen molar-refractivity contribution in [1.82, 2.24) is 15.0 Å². The quantitative estimate of drug-likeness (QED) is 0.742. The van der Waals surface area contributed by atoms with E-state index in [-0.39, 0.29) is 11.5 Å². The fourth-order valence-electron chi connectivity index (χ4n) is 1.21. The average Bonchev–Trinajstić information content (AvgIpc) is 2.46. The summed E-state index contributed by atoms with van der Waals surface area (Å²) < 4.78 is 6.35. The minimum absolute atomic E-state index is 0.120. The lowest BCUT2D eigenvalue weighted by Crippen LogP contribution is -2.17. The summed E-state index contributed by atoms with van der Waals surface area (Å²) in [4.78, 5) is 11.5. The van der Waals surface area contributed by atoms with Gasteiger partial charge in [-0.25, -0.2) is 9.48 Å². The summed E-state index contributed by atoms with van der Waals surface area (Å²) in [5, 5.41) is 7.46. The Bertz CT molecular complexity index is 346. The average molecular weight is 212 g/mol. The second-order valence-corrected chi connectivity index (χ2v) is 3.62. The zero-order valence-electron chi connectivity index (χ0n) is 9.23. The van der Waals surface area contributed by atoms with E-state index in [4.69, 9.17) is 10.5 Å². The molecule has 15 heavy (non-hydrogen) atoms. The molecular formula is C9H16N4O2. The minimum atomic E-state index is -0.472. The van der Waals surface area contributed by atoms with Crippen LogP contribution in [0, 0.1) is 5.92 Å². The van der Waals surface area contributed by atoms with Gasteiger partial charge in [0.1, 0.15) is 0 Å². The summed E-state index contributed by atoms with van der Waals surface area (Å²) in [6.45, 7) is 6.69. The number of aromatic nitrogens is 3. The number of hydrogen-bond donors (Lipinski definition) is 1. The lowest BCUT2D eigenvalue weighted by Gasteiger charge is -2.07. The first kappa shape index (κ1) is 11.5. The maximum Gasteiger partial charge on any atom is 0.360 e. The third-order valence-corrected chi connectivity index (χ3v) is 1.77. The molecule has 84 valence electrons. The van der Waals surface area contributed by atoms with E-state index in [0.717, 1.165) is 0 Å². The molecule has 0 atom stereocenters. The molecule has 0 bridgehead atoms. The molecule has 1 rings (SSSR count). The van der Waals surface area contributed by atoms with Crippen LogP contribution in [0.4, 0.5) is 5.82 Å². The number of nitrogens with two attached hydrogens (primary N) is 1. The molecular weight excluding hydrogens is 196 g/mol. The van der Waals surface area contributed by atoms with Crippen LogP contribution in [0.5, 0.6) is 0 Å². The number of esters is 1. The Hall–Kier alpha value is -1.59. The van der Waals surface area contributed by atoms with Gasteiger partial charge in [-0.15, -0.1) is 5.10 Å². The highest BCUT2D eigenvalue weighted by atomic mass is 16.5. The van der Waals surface area contributed by atoms with Gasteiger partial charge in [-0.05, 0) is 12.8 Å². The van der Waals surface area contributed by atoms with Gasteiger partial charge in [-0.3, -0.25) is 0 Å². The molecule has 2 N–H and O–H groups in total. The van der Waals surface area contributed by atoms with E-state index < -0.39 is 5.97 Å². The van der Waals surface area contributed by atoms with Crippen LogP contribution >= 0.6 is 0 Å². The SMILES string of the molecule is CCOC(=O)c1c(N)nnn1CC(C)C. The number of ether oxygens (including phenoxy) is 1. The van der Waals surface area contributed by atoms with E-state index in [0.29, 0.717) is 19.1 Å². The fourth-order valence-corrected chi connectivity index (χ4v) is 1.21. The van der Waals surface area contributed by atoms with Gasteiger partial charge in [0, 0.05) is 6.54 Å². The third-order valence-electron chi connectivity index (χ3n) is 1.77. The van der Waals surface area contributed by atoms with Crippen molar-refractivity contribution in [3.8, 4) is 0 Å². The summed E-state index contributed by atoms with van der Waals surface area (Å²) in [6.07, 6.45) is 0. The zero-order valence-corrected chi connectivity index (χ0v) is 9.23. The molecule has 1 heterocycles. The topological polar surface area (TPSA) is 83.0 Å². The Balaban J connectivity index is 2.93. The largest absolute Gasteiger partial charge is 0.461 e.